The number of carbonyl (C=O) groups excluding carboxylic acids is 1. The van der Waals surface area contributed by atoms with Crippen LogP contribution in [0.15, 0.2) is 0 Å². The van der Waals surface area contributed by atoms with Crippen molar-refractivity contribution in [1.82, 2.24) is 10.6 Å². The highest BCUT2D eigenvalue weighted by atomic mass is 16.2. The van der Waals surface area contributed by atoms with Crippen molar-refractivity contribution in [2.45, 2.75) is 57.9 Å². The number of hydrogen-bond acceptors (Lipinski definition) is 2. The van der Waals surface area contributed by atoms with Crippen LogP contribution in [-0.4, -0.2) is 24.5 Å². The largest absolute Gasteiger partial charge is 0.354 e. The van der Waals surface area contributed by atoms with E-state index >= 15 is 0 Å². The van der Waals surface area contributed by atoms with Gasteiger partial charge in [-0.05, 0) is 44.1 Å². The van der Waals surface area contributed by atoms with Crippen molar-refractivity contribution in [3.63, 3.8) is 0 Å². The molecule has 0 radical (unpaired) electrons. The Balaban J connectivity index is 1.86. The summed E-state index contributed by atoms with van der Waals surface area (Å²) in [4.78, 5) is 12.2. The van der Waals surface area contributed by atoms with Crippen LogP contribution in [0.1, 0.15) is 52.4 Å². The maximum Gasteiger partial charge on any atom is 0.240 e. The molecule has 3 heteroatoms. The predicted molar refractivity (Wildman–Crippen MR) is 65.2 cm³/mol. The molecular formula is C13H24N2O. The quantitative estimate of drug-likeness (QED) is 0.765. The van der Waals surface area contributed by atoms with Gasteiger partial charge < -0.3 is 10.6 Å². The molecule has 1 saturated heterocycles. The summed E-state index contributed by atoms with van der Waals surface area (Å²) in [5, 5.41) is 6.54. The zero-order valence-corrected chi connectivity index (χ0v) is 10.6. The Hall–Kier alpha value is -0.570. The van der Waals surface area contributed by atoms with Gasteiger partial charge in [0, 0.05) is 6.54 Å². The van der Waals surface area contributed by atoms with Gasteiger partial charge in [-0.15, -0.1) is 0 Å². The van der Waals surface area contributed by atoms with Gasteiger partial charge in [0.2, 0.25) is 5.91 Å². The van der Waals surface area contributed by atoms with E-state index in [9.17, 15) is 4.79 Å². The summed E-state index contributed by atoms with van der Waals surface area (Å²) < 4.78 is 0. The first-order valence-corrected chi connectivity index (χ1v) is 6.64. The molecule has 2 aliphatic rings. The van der Waals surface area contributed by atoms with Crippen LogP contribution in [0.2, 0.25) is 0 Å². The average molecular weight is 224 g/mol. The lowest BCUT2D eigenvalue weighted by Crippen LogP contribution is -2.55. The molecule has 1 unspecified atom stereocenters. The van der Waals surface area contributed by atoms with Gasteiger partial charge >= 0.3 is 0 Å². The highest BCUT2D eigenvalue weighted by molar-refractivity contribution is 5.86. The fraction of sp³-hybridized carbons (Fsp3) is 0.923. The van der Waals surface area contributed by atoms with Gasteiger partial charge in [0.25, 0.3) is 0 Å². The Kier molecular flexibility index (Phi) is 3.24. The maximum absolute atomic E-state index is 12.2. The minimum Gasteiger partial charge on any atom is -0.354 e. The predicted octanol–water partition coefficient (Wildman–Crippen LogP) is 1.82. The van der Waals surface area contributed by atoms with Crippen LogP contribution in [0.3, 0.4) is 0 Å². The summed E-state index contributed by atoms with van der Waals surface area (Å²) in [6.45, 7) is 6.22. The number of carbonyl (C=O) groups is 1. The highest BCUT2D eigenvalue weighted by Gasteiger charge is 2.40. The minimum atomic E-state index is -0.264. The molecule has 1 amide bonds. The molecule has 3 nitrogen and oxygen atoms in total. The molecule has 16 heavy (non-hydrogen) atoms. The van der Waals surface area contributed by atoms with E-state index in [0.29, 0.717) is 5.41 Å². The molecule has 0 aromatic heterocycles. The lowest BCUT2D eigenvalue weighted by Gasteiger charge is -2.39. The van der Waals surface area contributed by atoms with Gasteiger partial charge in [0.15, 0.2) is 0 Å². The summed E-state index contributed by atoms with van der Waals surface area (Å²) in [7, 11) is 0. The summed E-state index contributed by atoms with van der Waals surface area (Å²) in [5.41, 5.74) is 0.114. The lowest BCUT2D eigenvalue weighted by molar-refractivity contribution is -0.128. The molecule has 1 aliphatic heterocycles. The molecule has 2 fully saturated rings. The molecule has 0 aromatic carbocycles. The summed E-state index contributed by atoms with van der Waals surface area (Å²) in [6, 6.07) is 0. The first-order valence-electron chi connectivity index (χ1n) is 6.64. The number of amides is 1. The summed E-state index contributed by atoms with van der Waals surface area (Å²) >= 11 is 0. The van der Waals surface area contributed by atoms with Gasteiger partial charge in [-0.1, -0.05) is 20.3 Å². The Morgan fingerprint density at radius 2 is 2.06 bits per heavy atom. The molecule has 0 bridgehead atoms. The van der Waals surface area contributed by atoms with Crippen molar-refractivity contribution in [1.29, 1.82) is 0 Å². The normalized spacial score (nSPS) is 32.1. The lowest BCUT2D eigenvalue weighted by atomic mass is 9.70. The van der Waals surface area contributed by atoms with E-state index in [-0.39, 0.29) is 11.4 Å². The Morgan fingerprint density at radius 1 is 1.31 bits per heavy atom. The van der Waals surface area contributed by atoms with Crippen molar-refractivity contribution in [3.05, 3.63) is 0 Å². The van der Waals surface area contributed by atoms with Crippen LogP contribution in [0, 0.1) is 5.41 Å². The summed E-state index contributed by atoms with van der Waals surface area (Å²) in [6.07, 6.45) is 6.86. The van der Waals surface area contributed by atoms with Crippen molar-refractivity contribution in [2.24, 2.45) is 5.41 Å². The molecule has 2 rings (SSSR count). The first-order chi connectivity index (χ1) is 7.60. The van der Waals surface area contributed by atoms with Crippen molar-refractivity contribution < 1.29 is 4.79 Å². The van der Waals surface area contributed by atoms with Crippen LogP contribution in [0.25, 0.3) is 0 Å². The van der Waals surface area contributed by atoms with Crippen molar-refractivity contribution in [2.75, 3.05) is 13.1 Å². The Labute approximate surface area is 98.4 Å². The molecule has 1 atom stereocenters. The van der Waals surface area contributed by atoms with E-state index in [2.05, 4.69) is 24.5 Å². The zero-order valence-electron chi connectivity index (χ0n) is 10.6. The summed E-state index contributed by atoms with van der Waals surface area (Å²) in [5.74, 6) is 0.223. The zero-order chi connectivity index (χ0) is 11.6. The molecule has 0 spiro atoms. The van der Waals surface area contributed by atoms with Gasteiger partial charge in [-0.2, -0.15) is 0 Å². The smallest absolute Gasteiger partial charge is 0.240 e. The van der Waals surface area contributed by atoms with E-state index in [4.69, 9.17) is 0 Å². The van der Waals surface area contributed by atoms with Crippen molar-refractivity contribution in [3.8, 4) is 0 Å². The average Bonchev–Trinajstić information content (AvgIpc) is 2.73. The maximum atomic E-state index is 12.2. The van der Waals surface area contributed by atoms with Gasteiger partial charge in [-0.3, -0.25) is 4.79 Å². The van der Waals surface area contributed by atoms with Crippen LogP contribution in [0.4, 0.5) is 0 Å². The molecule has 0 aromatic rings. The topological polar surface area (TPSA) is 41.1 Å². The van der Waals surface area contributed by atoms with Crippen molar-refractivity contribution >= 4 is 5.91 Å². The second-order valence-electron chi connectivity index (χ2n) is 5.81. The fourth-order valence-corrected chi connectivity index (χ4v) is 2.88. The third kappa shape index (κ3) is 2.10. The van der Waals surface area contributed by atoms with E-state index < -0.39 is 0 Å². The fourth-order valence-electron chi connectivity index (χ4n) is 2.88. The van der Waals surface area contributed by atoms with E-state index in [1.807, 2.05) is 0 Å². The standard InChI is InChI=1S/C13H24N2O/c1-3-13(8-5-9-15-13)11(16)14-10-12(2)6-4-7-12/h15H,3-10H2,1-2H3,(H,14,16). The number of hydrogen-bond donors (Lipinski definition) is 2. The van der Waals surface area contributed by atoms with Gasteiger partial charge in [0.05, 0.1) is 5.54 Å². The first kappa shape index (κ1) is 11.9. The number of rotatable bonds is 4. The van der Waals surface area contributed by atoms with Crippen LogP contribution in [0.5, 0.6) is 0 Å². The molecular weight excluding hydrogens is 200 g/mol. The van der Waals surface area contributed by atoms with E-state index in [0.717, 1.165) is 32.4 Å². The van der Waals surface area contributed by atoms with E-state index in [1.54, 1.807) is 0 Å². The monoisotopic (exact) mass is 224 g/mol. The van der Waals surface area contributed by atoms with E-state index in [1.165, 1.54) is 19.3 Å². The third-order valence-corrected chi connectivity index (χ3v) is 4.52. The third-order valence-electron chi connectivity index (χ3n) is 4.52. The Morgan fingerprint density at radius 3 is 2.50 bits per heavy atom. The van der Waals surface area contributed by atoms with Crippen LogP contribution >= 0.6 is 0 Å². The van der Waals surface area contributed by atoms with Crippen LogP contribution < -0.4 is 10.6 Å². The second-order valence-corrected chi connectivity index (χ2v) is 5.81. The Bertz CT molecular complexity index is 265. The molecule has 92 valence electrons. The number of nitrogens with one attached hydrogen (secondary N) is 2. The van der Waals surface area contributed by atoms with Gasteiger partial charge in [0.1, 0.15) is 0 Å². The molecule has 1 heterocycles. The SMILES string of the molecule is CCC1(C(=O)NCC2(C)CCC2)CCCN1. The van der Waals surface area contributed by atoms with Crippen LogP contribution in [-0.2, 0) is 4.79 Å². The minimum absolute atomic E-state index is 0.223. The molecule has 1 saturated carbocycles. The highest BCUT2D eigenvalue weighted by Crippen LogP contribution is 2.39. The second kappa shape index (κ2) is 4.36. The molecule has 2 N–H and O–H groups in total. The molecule has 1 aliphatic carbocycles. The van der Waals surface area contributed by atoms with Gasteiger partial charge in [-0.25, -0.2) is 0 Å².